The molecule has 1 fully saturated rings. The summed E-state index contributed by atoms with van der Waals surface area (Å²) in [5, 5.41) is 5.03. The number of fused-ring (bicyclic) bond motifs is 1. The number of ether oxygens (including phenoxy) is 1. The van der Waals surface area contributed by atoms with Crippen LogP contribution in [0.5, 0.6) is 0 Å². The highest BCUT2D eigenvalue weighted by Crippen LogP contribution is 2.35. The van der Waals surface area contributed by atoms with Crippen LogP contribution in [0.15, 0.2) is 42.5 Å². The summed E-state index contributed by atoms with van der Waals surface area (Å²) in [6, 6.07) is 10.3. The van der Waals surface area contributed by atoms with Crippen molar-refractivity contribution in [3.63, 3.8) is 0 Å². The fraction of sp³-hybridized carbons (Fsp3) is 0.292. The lowest BCUT2D eigenvalue weighted by molar-refractivity contribution is 0.144. The van der Waals surface area contributed by atoms with E-state index in [1.807, 2.05) is 0 Å². The van der Waals surface area contributed by atoms with Gasteiger partial charge in [-0.25, -0.2) is 18.4 Å². The van der Waals surface area contributed by atoms with E-state index in [9.17, 15) is 8.78 Å². The number of nitrogens with two attached hydrogens (primary N) is 1. The monoisotopic (exact) mass is 499 g/mol. The van der Waals surface area contributed by atoms with E-state index in [1.54, 1.807) is 25.3 Å². The largest absolute Gasteiger partial charge is 0.383 e. The van der Waals surface area contributed by atoms with Crippen molar-refractivity contribution >= 4 is 34.4 Å². The molecule has 1 aliphatic heterocycles. The van der Waals surface area contributed by atoms with Crippen molar-refractivity contribution in [2.75, 3.05) is 57.1 Å². The number of rotatable bonds is 6. The minimum atomic E-state index is -0.531. The molecule has 2 N–H and O–H groups in total. The maximum Gasteiger partial charge on any atom is 0.228 e. The first-order valence-electron chi connectivity index (χ1n) is 11.2. The quantitative estimate of drug-likeness (QED) is 0.432. The molecule has 35 heavy (non-hydrogen) atoms. The number of hydrogen-bond acceptors (Lipinski definition) is 7. The number of halogens is 3. The normalized spacial score (nSPS) is 14.7. The first kappa shape index (κ1) is 23.4. The van der Waals surface area contributed by atoms with Crippen molar-refractivity contribution < 1.29 is 13.5 Å². The zero-order chi connectivity index (χ0) is 24.5. The third-order valence-corrected chi connectivity index (χ3v) is 6.36. The second kappa shape index (κ2) is 9.73. The standard InChI is InChI=1S/C24H24ClF2N7O/c1-35-12-11-32-7-9-33(10-8-32)24-29-21(15-5-6-19(27)18(25)13-15)20-22(28)34(31-23(20)30-24)17-4-2-3-16(26)14-17/h2-6,13-14H,7-12,28H2,1H3. The van der Waals surface area contributed by atoms with Gasteiger partial charge in [0.05, 0.1) is 28.4 Å². The van der Waals surface area contributed by atoms with Crippen molar-refractivity contribution in [2.24, 2.45) is 0 Å². The van der Waals surface area contributed by atoms with Crippen molar-refractivity contribution in [1.82, 2.24) is 24.6 Å². The smallest absolute Gasteiger partial charge is 0.228 e. The van der Waals surface area contributed by atoms with E-state index >= 15 is 0 Å². The van der Waals surface area contributed by atoms with E-state index in [4.69, 9.17) is 32.0 Å². The molecule has 0 spiro atoms. The molecule has 0 bridgehead atoms. The molecule has 0 amide bonds. The Morgan fingerprint density at radius 2 is 1.86 bits per heavy atom. The number of hydrogen-bond donors (Lipinski definition) is 1. The highest BCUT2D eigenvalue weighted by atomic mass is 35.5. The summed E-state index contributed by atoms with van der Waals surface area (Å²) in [5.74, 6) is -0.207. The van der Waals surface area contributed by atoms with Crippen LogP contribution >= 0.6 is 11.6 Å². The molecule has 3 heterocycles. The van der Waals surface area contributed by atoms with Gasteiger partial charge in [0.15, 0.2) is 5.65 Å². The Morgan fingerprint density at radius 3 is 2.57 bits per heavy atom. The summed E-state index contributed by atoms with van der Waals surface area (Å²) in [5.41, 5.74) is 8.35. The lowest BCUT2D eigenvalue weighted by Crippen LogP contribution is -2.47. The molecule has 8 nitrogen and oxygen atoms in total. The van der Waals surface area contributed by atoms with Crippen LogP contribution in [-0.4, -0.2) is 71.1 Å². The summed E-state index contributed by atoms with van der Waals surface area (Å²) in [6.07, 6.45) is 0. The molecule has 4 aromatic rings. The van der Waals surface area contributed by atoms with E-state index in [2.05, 4.69) is 14.9 Å². The van der Waals surface area contributed by atoms with E-state index in [-0.39, 0.29) is 10.8 Å². The number of methoxy groups -OCH3 is 1. The van der Waals surface area contributed by atoms with E-state index in [0.717, 1.165) is 32.7 Å². The first-order chi connectivity index (χ1) is 16.9. The summed E-state index contributed by atoms with van der Waals surface area (Å²) in [6.45, 7) is 4.65. The average molecular weight is 500 g/mol. The number of benzene rings is 2. The van der Waals surface area contributed by atoms with Gasteiger partial charge in [-0.05, 0) is 36.4 Å². The van der Waals surface area contributed by atoms with E-state index in [0.29, 0.717) is 40.5 Å². The Hall–Kier alpha value is -3.34. The Morgan fingerprint density at radius 1 is 1.06 bits per heavy atom. The molecule has 11 heteroatoms. The summed E-state index contributed by atoms with van der Waals surface area (Å²) < 4.78 is 34.4. The summed E-state index contributed by atoms with van der Waals surface area (Å²) in [7, 11) is 1.69. The fourth-order valence-corrected chi connectivity index (χ4v) is 4.37. The molecule has 0 radical (unpaired) electrons. The lowest BCUT2D eigenvalue weighted by atomic mass is 10.1. The minimum Gasteiger partial charge on any atom is -0.383 e. The number of nitrogen functional groups attached to an aromatic ring is 1. The van der Waals surface area contributed by atoms with Crippen molar-refractivity contribution in [3.05, 3.63) is 59.1 Å². The zero-order valence-corrected chi connectivity index (χ0v) is 19.8. The molecule has 0 atom stereocenters. The highest BCUT2D eigenvalue weighted by Gasteiger charge is 2.24. The van der Waals surface area contributed by atoms with Gasteiger partial charge in [-0.15, -0.1) is 5.10 Å². The molecular formula is C24H24ClF2N7O. The fourth-order valence-electron chi connectivity index (χ4n) is 4.19. The molecule has 5 rings (SSSR count). The van der Waals surface area contributed by atoms with Crippen LogP contribution in [0, 0.1) is 11.6 Å². The third-order valence-electron chi connectivity index (χ3n) is 6.07. The van der Waals surface area contributed by atoms with Crippen LogP contribution in [0.2, 0.25) is 5.02 Å². The molecule has 2 aromatic carbocycles. The SMILES string of the molecule is COCCN1CCN(c2nc(-c3ccc(F)c(Cl)c3)c3c(N)n(-c4cccc(F)c4)nc3n2)CC1. The van der Waals surface area contributed by atoms with E-state index < -0.39 is 11.6 Å². The van der Waals surface area contributed by atoms with Crippen LogP contribution in [0.4, 0.5) is 20.5 Å². The number of aromatic nitrogens is 4. The van der Waals surface area contributed by atoms with Gasteiger partial charge in [0.1, 0.15) is 17.5 Å². The van der Waals surface area contributed by atoms with Gasteiger partial charge in [-0.1, -0.05) is 17.7 Å². The predicted molar refractivity (Wildman–Crippen MR) is 132 cm³/mol. The third kappa shape index (κ3) is 4.64. The Balaban J connectivity index is 1.61. The topological polar surface area (TPSA) is 85.3 Å². The van der Waals surface area contributed by atoms with Crippen LogP contribution < -0.4 is 10.6 Å². The minimum absolute atomic E-state index is 0.0290. The molecule has 1 aliphatic rings. The lowest BCUT2D eigenvalue weighted by Gasteiger charge is -2.34. The number of piperazine rings is 1. The number of anilines is 2. The predicted octanol–water partition coefficient (Wildman–Crippen LogP) is 3.76. The van der Waals surface area contributed by atoms with Gasteiger partial charge in [0.2, 0.25) is 5.95 Å². The van der Waals surface area contributed by atoms with Gasteiger partial charge in [0.25, 0.3) is 0 Å². The van der Waals surface area contributed by atoms with Crippen molar-refractivity contribution in [3.8, 4) is 16.9 Å². The van der Waals surface area contributed by atoms with Crippen molar-refractivity contribution in [1.29, 1.82) is 0 Å². The highest BCUT2D eigenvalue weighted by molar-refractivity contribution is 6.31. The molecule has 0 aliphatic carbocycles. The van der Waals surface area contributed by atoms with Gasteiger partial charge >= 0.3 is 0 Å². The maximum absolute atomic E-state index is 13.9. The second-order valence-electron chi connectivity index (χ2n) is 8.30. The zero-order valence-electron chi connectivity index (χ0n) is 19.1. The van der Waals surface area contributed by atoms with E-state index in [1.165, 1.54) is 28.9 Å². The van der Waals surface area contributed by atoms with Gasteiger partial charge < -0.3 is 15.4 Å². The Bertz CT molecular complexity index is 1370. The molecule has 1 saturated heterocycles. The molecule has 2 aromatic heterocycles. The second-order valence-corrected chi connectivity index (χ2v) is 8.71. The number of nitrogens with zero attached hydrogens (tertiary/aromatic N) is 6. The van der Waals surface area contributed by atoms with Crippen LogP contribution in [-0.2, 0) is 4.74 Å². The Labute approximate surface area is 205 Å². The average Bonchev–Trinajstić information content (AvgIpc) is 3.20. The van der Waals surface area contributed by atoms with Gasteiger partial charge in [-0.2, -0.15) is 4.98 Å². The van der Waals surface area contributed by atoms with Crippen LogP contribution in [0.25, 0.3) is 28.0 Å². The summed E-state index contributed by atoms with van der Waals surface area (Å²) >= 11 is 6.08. The summed E-state index contributed by atoms with van der Waals surface area (Å²) in [4.78, 5) is 13.9. The maximum atomic E-state index is 13.9. The van der Waals surface area contributed by atoms with Gasteiger partial charge in [-0.3, -0.25) is 4.90 Å². The van der Waals surface area contributed by atoms with Crippen molar-refractivity contribution in [2.45, 2.75) is 0 Å². The molecule has 0 unspecified atom stereocenters. The molecular weight excluding hydrogens is 476 g/mol. The van der Waals surface area contributed by atoms with Crippen LogP contribution in [0.3, 0.4) is 0 Å². The molecule has 182 valence electrons. The first-order valence-corrected chi connectivity index (χ1v) is 11.6. The van der Waals surface area contributed by atoms with Gasteiger partial charge in [0, 0.05) is 45.4 Å². The Kier molecular flexibility index (Phi) is 6.50. The molecule has 0 saturated carbocycles. The van der Waals surface area contributed by atoms with Crippen LogP contribution in [0.1, 0.15) is 0 Å².